The van der Waals surface area contributed by atoms with Gasteiger partial charge < -0.3 is 10.6 Å². The number of carbonyl (C=O) groups is 1. The maximum atomic E-state index is 11.5. The second-order valence-electron chi connectivity index (χ2n) is 3.97. The van der Waals surface area contributed by atoms with Gasteiger partial charge in [-0.3, -0.25) is 4.79 Å². The number of sulfone groups is 1. The molecule has 1 amide bonds. The molecule has 92 valence electrons. The number of pyridine rings is 1. The molecule has 0 saturated carbocycles. The first-order valence-corrected chi connectivity index (χ1v) is 7.04. The van der Waals surface area contributed by atoms with Gasteiger partial charge in [0.2, 0.25) is 5.91 Å². The molecule has 1 aromatic heterocycles. The molecule has 1 aliphatic heterocycles. The van der Waals surface area contributed by atoms with Crippen LogP contribution in [0.4, 0.5) is 5.82 Å². The van der Waals surface area contributed by atoms with Crippen molar-refractivity contribution in [2.45, 2.75) is 17.4 Å². The molecule has 0 bridgehead atoms. The molecule has 0 radical (unpaired) electrons. The van der Waals surface area contributed by atoms with Crippen LogP contribution in [0.25, 0.3) is 0 Å². The first-order valence-electron chi connectivity index (χ1n) is 5.15. The molecule has 1 aliphatic rings. The van der Waals surface area contributed by atoms with Crippen LogP contribution in [0.2, 0.25) is 0 Å². The van der Waals surface area contributed by atoms with Crippen LogP contribution in [0.15, 0.2) is 23.2 Å². The lowest BCUT2D eigenvalue weighted by Crippen LogP contribution is -2.24. The fraction of sp³-hybridized carbons (Fsp3) is 0.400. The lowest BCUT2D eigenvalue weighted by molar-refractivity contribution is -0.119. The van der Waals surface area contributed by atoms with Gasteiger partial charge in [-0.25, -0.2) is 13.4 Å². The predicted molar refractivity (Wildman–Crippen MR) is 62.4 cm³/mol. The fourth-order valence-electron chi connectivity index (χ4n) is 1.70. The summed E-state index contributed by atoms with van der Waals surface area (Å²) in [5.74, 6) is 0.260. The van der Waals surface area contributed by atoms with Gasteiger partial charge in [-0.15, -0.1) is 0 Å². The van der Waals surface area contributed by atoms with Crippen molar-refractivity contribution in [3.05, 3.63) is 18.3 Å². The molecular formula is C10H13N3O3S. The topological polar surface area (TPSA) is 88.2 Å². The van der Waals surface area contributed by atoms with Gasteiger partial charge in [0.25, 0.3) is 0 Å². The van der Waals surface area contributed by atoms with Crippen LogP contribution in [0.3, 0.4) is 0 Å². The van der Waals surface area contributed by atoms with Gasteiger partial charge in [-0.05, 0) is 12.1 Å². The molecule has 0 aliphatic carbocycles. The van der Waals surface area contributed by atoms with Crippen LogP contribution < -0.4 is 10.6 Å². The van der Waals surface area contributed by atoms with Gasteiger partial charge in [0.1, 0.15) is 10.7 Å². The van der Waals surface area contributed by atoms with Gasteiger partial charge in [0.15, 0.2) is 9.84 Å². The van der Waals surface area contributed by atoms with Crippen molar-refractivity contribution in [1.29, 1.82) is 0 Å². The Kier molecular flexibility index (Phi) is 3.01. The Morgan fingerprint density at radius 1 is 1.53 bits per heavy atom. The quantitative estimate of drug-likeness (QED) is 0.780. The van der Waals surface area contributed by atoms with Crippen LogP contribution in [-0.2, 0) is 14.6 Å². The van der Waals surface area contributed by atoms with Gasteiger partial charge in [0, 0.05) is 25.4 Å². The minimum absolute atomic E-state index is 0.0423. The highest BCUT2D eigenvalue weighted by molar-refractivity contribution is 7.90. The third-order valence-corrected chi connectivity index (χ3v) is 3.62. The molecule has 1 aromatic rings. The lowest BCUT2D eigenvalue weighted by atomic mass is 10.2. The Morgan fingerprint density at radius 2 is 2.29 bits per heavy atom. The van der Waals surface area contributed by atoms with E-state index in [2.05, 4.69) is 15.6 Å². The van der Waals surface area contributed by atoms with Crippen LogP contribution in [-0.4, -0.2) is 38.2 Å². The smallest absolute Gasteiger partial charge is 0.222 e. The Hall–Kier alpha value is -1.63. The van der Waals surface area contributed by atoms with E-state index in [0.717, 1.165) is 6.26 Å². The second-order valence-corrected chi connectivity index (χ2v) is 5.96. The van der Waals surface area contributed by atoms with Crippen molar-refractivity contribution in [2.24, 2.45) is 0 Å². The van der Waals surface area contributed by atoms with E-state index in [1.807, 2.05) is 0 Å². The summed E-state index contributed by atoms with van der Waals surface area (Å²) in [6.07, 6.45) is 2.98. The highest BCUT2D eigenvalue weighted by Crippen LogP contribution is 2.19. The molecule has 1 fully saturated rings. The molecule has 0 aromatic carbocycles. The molecule has 17 heavy (non-hydrogen) atoms. The summed E-state index contributed by atoms with van der Waals surface area (Å²) >= 11 is 0. The van der Waals surface area contributed by atoms with Gasteiger partial charge in [-0.1, -0.05) is 0 Å². The molecule has 1 saturated heterocycles. The van der Waals surface area contributed by atoms with Gasteiger partial charge in [0.05, 0.1) is 6.04 Å². The number of anilines is 1. The number of nitrogens with one attached hydrogen (secondary N) is 2. The zero-order valence-electron chi connectivity index (χ0n) is 9.30. The van der Waals surface area contributed by atoms with E-state index >= 15 is 0 Å². The van der Waals surface area contributed by atoms with Crippen LogP contribution in [0.1, 0.15) is 6.42 Å². The van der Waals surface area contributed by atoms with Gasteiger partial charge in [-0.2, -0.15) is 0 Å². The number of aromatic nitrogens is 1. The van der Waals surface area contributed by atoms with Crippen molar-refractivity contribution < 1.29 is 13.2 Å². The van der Waals surface area contributed by atoms with E-state index in [-0.39, 0.29) is 16.8 Å². The van der Waals surface area contributed by atoms with Gasteiger partial charge >= 0.3 is 0 Å². The maximum absolute atomic E-state index is 11.5. The first-order chi connectivity index (χ1) is 7.97. The van der Waals surface area contributed by atoms with E-state index < -0.39 is 9.84 Å². The van der Waals surface area contributed by atoms with E-state index in [0.29, 0.717) is 18.8 Å². The third-order valence-electron chi connectivity index (χ3n) is 2.49. The minimum Gasteiger partial charge on any atom is -0.364 e. The average Bonchev–Trinajstić information content (AvgIpc) is 2.63. The molecule has 1 atom stereocenters. The summed E-state index contributed by atoms with van der Waals surface area (Å²) < 4.78 is 23.1. The van der Waals surface area contributed by atoms with Crippen molar-refractivity contribution in [3.63, 3.8) is 0 Å². The molecule has 0 spiro atoms. The fourth-order valence-corrected chi connectivity index (χ4v) is 2.49. The predicted octanol–water partition coefficient (Wildman–Crippen LogP) is -0.215. The van der Waals surface area contributed by atoms with E-state index in [1.54, 1.807) is 6.07 Å². The zero-order chi connectivity index (χ0) is 12.5. The Balaban J connectivity index is 2.24. The second kappa shape index (κ2) is 4.33. The number of rotatable bonds is 3. The zero-order valence-corrected chi connectivity index (χ0v) is 10.1. The Bertz CT molecular complexity index is 541. The number of hydrogen-bond donors (Lipinski definition) is 2. The van der Waals surface area contributed by atoms with E-state index in [4.69, 9.17) is 0 Å². The minimum atomic E-state index is -3.32. The van der Waals surface area contributed by atoms with Crippen molar-refractivity contribution in [1.82, 2.24) is 10.3 Å². The highest BCUT2D eigenvalue weighted by atomic mass is 32.2. The molecule has 1 unspecified atom stereocenters. The molecule has 2 heterocycles. The highest BCUT2D eigenvalue weighted by Gasteiger charge is 2.23. The molecule has 2 N–H and O–H groups in total. The first kappa shape index (κ1) is 11.8. The van der Waals surface area contributed by atoms with E-state index in [9.17, 15) is 13.2 Å². The van der Waals surface area contributed by atoms with Crippen molar-refractivity contribution >= 4 is 21.6 Å². The summed E-state index contributed by atoms with van der Waals surface area (Å²) in [6.45, 7) is 0.485. The molecule has 6 nitrogen and oxygen atoms in total. The Morgan fingerprint density at radius 3 is 2.88 bits per heavy atom. The van der Waals surface area contributed by atoms with E-state index in [1.165, 1.54) is 12.3 Å². The number of nitrogens with zero attached hydrogens (tertiary/aromatic N) is 1. The largest absolute Gasteiger partial charge is 0.364 e. The Labute approximate surface area is 99.4 Å². The van der Waals surface area contributed by atoms with Crippen LogP contribution in [0.5, 0.6) is 0 Å². The maximum Gasteiger partial charge on any atom is 0.222 e. The molecule has 7 heteroatoms. The number of hydrogen-bond acceptors (Lipinski definition) is 5. The monoisotopic (exact) mass is 255 g/mol. The molecular weight excluding hydrogens is 242 g/mol. The number of carbonyl (C=O) groups excluding carboxylic acids is 1. The van der Waals surface area contributed by atoms with Crippen LogP contribution in [0, 0.1) is 0 Å². The number of amides is 1. The van der Waals surface area contributed by atoms with Crippen molar-refractivity contribution in [2.75, 3.05) is 18.1 Å². The van der Waals surface area contributed by atoms with Crippen molar-refractivity contribution in [3.8, 4) is 0 Å². The molecule has 2 rings (SSSR count). The summed E-state index contributed by atoms with van der Waals surface area (Å²) in [5, 5.41) is 5.64. The summed E-state index contributed by atoms with van der Waals surface area (Å²) in [4.78, 5) is 15.2. The third kappa shape index (κ3) is 2.73. The normalized spacial score (nSPS) is 20.1. The SMILES string of the molecule is CS(=O)(=O)c1cccnc1NC1CNC(=O)C1. The standard InChI is InChI=1S/C10H13N3O3S/c1-17(15,16)8-3-2-4-11-10(8)13-7-5-9(14)12-6-7/h2-4,7H,5-6H2,1H3,(H,11,13)(H,12,14). The summed E-state index contributed by atoms with van der Waals surface area (Å²) in [5.41, 5.74) is 0. The lowest BCUT2D eigenvalue weighted by Gasteiger charge is -2.13. The van der Waals surface area contributed by atoms with Crippen LogP contribution >= 0.6 is 0 Å². The summed E-state index contributed by atoms with van der Waals surface area (Å²) in [6, 6.07) is 2.95. The summed E-state index contributed by atoms with van der Waals surface area (Å²) in [7, 11) is -3.32. The average molecular weight is 255 g/mol.